The van der Waals surface area contributed by atoms with E-state index in [9.17, 15) is 0 Å². The Hall–Kier alpha value is -0.800. The average Bonchev–Trinajstić information content (AvgIpc) is 2.66. The first-order chi connectivity index (χ1) is 8.61. The van der Waals surface area contributed by atoms with E-state index in [4.69, 9.17) is 10.8 Å². The van der Waals surface area contributed by atoms with Gasteiger partial charge < -0.3 is 10.8 Å². The summed E-state index contributed by atoms with van der Waals surface area (Å²) in [5.74, 6) is 0.524. The van der Waals surface area contributed by atoms with E-state index in [0.717, 1.165) is 11.3 Å². The third-order valence-electron chi connectivity index (χ3n) is 2.70. The minimum Gasteiger partial charge on any atom is -0.396 e. The molecule has 3 N–H and O–H groups in total. The highest BCUT2D eigenvalue weighted by Crippen LogP contribution is 2.14. The molecule has 0 unspecified atom stereocenters. The third-order valence-corrected chi connectivity index (χ3v) is 4.37. The molecule has 5 nitrogen and oxygen atoms in total. The van der Waals surface area contributed by atoms with Crippen LogP contribution in [0.2, 0.25) is 0 Å². The second-order valence-electron chi connectivity index (χ2n) is 3.88. The van der Waals surface area contributed by atoms with Gasteiger partial charge in [-0.25, -0.2) is 9.97 Å². The summed E-state index contributed by atoms with van der Waals surface area (Å²) >= 11 is 3.69. The maximum absolute atomic E-state index is 8.97. The number of rotatable bonds is 4. The number of aliphatic hydroxyl groups is 1. The average molecular weight is 377 g/mol. The molecule has 2 heterocycles. The van der Waals surface area contributed by atoms with Crippen LogP contribution in [0.4, 0.5) is 5.82 Å². The normalized spacial score (nSPS) is 10.8. The molecule has 18 heavy (non-hydrogen) atoms. The lowest BCUT2D eigenvalue weighted by Crippen LogP contribution is -2.35. The number of hydrogen-bond donors (Lipinski definition) is 2. The van der Waals surface area contributed by atoms with Crippen LogP contribution in [0.1, 0.15) is 16.1 Å². The highest BCUT2D eigenvalue weighted by Gasteiger charge is 2.17. The number of nitrogens with two attached hydrogens (primary N) is 1. The molecule has 2 aromatic rings. The van der Waals surface area contributed by atoms with Crippen molar-refractivity contribution in [1.82, 2.24) is 9.97 Å². The van der Waals surface area contributed by atoms with Gasteiger partial charge >= 0.3 is 0 Å². The van der Waals surface area contributed by atoms with Crippen molar-refractivity contribution in [1.29, 1.82) is 0 Å². The van der Waals surface area contributed by atoms with Crippen molar-refractivity contribution in [3.8, 4) is 0 Å². The summed E-state index contributed by atoms with van der Waals surface area (Å²) < 4.78 is 2.76. The molecule has 0 aliphatic carbocycles. The van der Waals surface area contributed by atoms with Gasteiger partial charge in [-0.15, -0.1) is 0 Å². The van der Waals surface area contributed by atoms with Crippen molar-refractivity contribution in [3.63, 3.8) is 0 Å². The first kappa shape index (κ1) is 13.6. The molecule has 0 atom stereocenters. The number of aliphatic hydroxyl groups excluding tert-OH is 1. The van der Waals surface area contributed by atoms with Crippen LogP contribution in [0, 0.1) is 10.8 Å². The molecule has 0 aliphatic heterocycles. The van der Waals surface area contributed by atoms with Gasteiger partial charge in [0.25, 0.3) is 0 Å². The van der Waals surface area contributed by atoms with Crippen molar-refractivity contribution in [2.75, 3.05) is 12.3 Å². The van der Waals surface area contributed by atoms with Crippen LogP contribution < -0.4 is 10.3 Å². The van der Waals surface area contributed by atoms with Gasteiger partial charge in [-0.05, 0) is 0 Å². The number of halogens is 1. The Morgan fingerprint density at radius 1 is 1.56 bits per heavy atom. The number of aromatic nitrogens is 3. The second kappa shape index (κ2) is 5.89. The summed E-state index contributed by atoms with van der Waals surface area (Å²) in [6.45, 7) is 2.89. The number of nitrogens with zero attached hydrogens (tertiary/aromatic N) is 3. The molecular weight excluding hydrogens is 363 g/mol. The molecule has 0 aromatic carbocycles. The van der Waals surface area contributed by atoms with E-state index >= 15 is 0 Å². The molecule has 0 radical (unpaired) electrons. The van der Waals surface area contributed by atoms with E-state index in [1.165, 1.54) is 4.88 Å². The lowest BCUT2D eigenvalue weighted by Gasteiger charge is -2.01. The van der Waals surface area contributed by atoms with E-state index in [-0.39, 0.29) is 6.61 Å². The fourth-order valence-electron chi connectivity index (χ4n) is 1.65. The van der Waals surface area contributed by atoms with Crippen LogP contribution in [-0.2, 0) is 13.0 Å². The molecule has 2 rings (SSSR count). The molecule has 0 bridgehead atoms. The minimum absolute atomic E-state index is 0.177. The fourth-order valence-corrected chi connectivity index (χ4v) is 3.03. The Kier molecular flexibility index (Phi) is 4.46. The number of hydrogen-bond acceptors (Lipinski definition) is 5. The van der Waals surface area contributed by atoms with Gasteiger partial charge in [0.15, 0.2) is 16.1 Å². The highest BCUT2D eigenvalue weighted by atomic mass is 127. The molecule has 0 fully saturated rings. The zero-order chi connectivity index (χ0) is 13.1. The van der Waals surface area contributed by atoms with Crippen molar-refractivity contribution in [3.05, 3.63) is 31.7 Å². The summed E-state index contributed by atoms with van der Waals surface area (Å²) in [5.41, 5.74) is 9.99. The van der Waals surface area contributed by atoms with Crippen molar-refractivity contribution in [2.24, 2.45) is 0 Å². The molecule has 0 aliphatic rings. The SMILES string of the molecule is Cc1c(CCO)sc[n+]1Cc1cnc(I)nc1N. The first-order valence-corrected chi connectivity index (χ1v) is 7.41. The smallest absolute Gasteiger partial charge is 0.225 e. The van der Waals surface area contributed by atoms with Crippen LogP contribution in [0.3, 0.4) is 0 Å². The molecule has 0 amide bonds. The Morgan fingerprint density at radius 2 is 2.33 bits per heavy atom. The summed E-state index contributed by atoms with van der Waals surface area (Å²) in [5, 5.41) is 8.97. The van der Waals surface area contributed by atoms with E-state index in [1.807, 2.05) is 35.0 Å². The van der Waals surface area contributed by atoms with Gasteiger partial charge in [-0.1, -0.05) is 11.3 Å². The Balaban J connectivity index is 2.23. The summed E-state index contributed by atoms with van der Waals surface area (Å²) in [7, 11) is 0. The number of thiazole rings is 1. The largest absolute Gasteiger partial charge is 0.396 e. The van der Waals surface area contributed by atoms with E-state index in [0.29, 0.717) is 22.6 Å². The van der Waals surface area contributed by atoms with Crippen LogP contribution in [0.25, 0.3) is 0 Å². The topological polar surface area (TPSA) is 75.9 Å². The lowest BCUT2D eigenvalue weighted by atomic mass is 10.2. The van der Waals surface area contributed by atoms with Crippen molar-refractivity contribution >= 4 is 39.7 Å². The maximum atomic E-state index is 8.97. The molecular formula is C11H14IN4OS+. The van der Waals surface area contributed by atoms with Gasteiger partial charge in [-0.3, -0.25) is 0 Å². The quantitative estimate of drug-likeness (QED) is 0.472. The number of anilines is 1. The van der Waals surface area contributed by atoms with Gasteiger partial charge in [0.05, 0.1) is 10.4 Å². The molecule has 96 valence electrons. The first-order valence-electron chi connectivity index (χ1n) is 5.46. The van der Waals surface area contributed by atoms with Gasteiger partial charge in [0.1, 0.15) is 5.82 Å². The van der Waals surface area contributed by atoms with Gasteiger partial charge in [0, 0.05) is 48.7 Å². The summed E-state index contributed by atoms with van der Waals surface area (Å²) in [6.07, 6.45) is 2.46. The van der Waals surface area contributed by atoms with Crippen LogP contribution >= 0.6 is 33.9 Å². The second-order valence-corrected chi connectivity index (χ2v) is 5.79. The minimum atomic E-state index is 0.177. The molecule has 7 heteroatoms. The molecule has 0 saturated carbocycles. The van der Waals surface area contributed by atoms with E-state index in [2.05, 4.69) is 14.5 Å². The maximum Gasteiger partial charge on any atom is 0.225 e. The van der Waals surface area contributed by atoms with Gasteiger partial charge in [0.2, 0.25) is 5.51 Å². The lowest BCUT2D eigenvalue weighted by molar-refractivity contribution is -0.689. The van der Waals surface area contributed by atoms with Crippen LogP contribution in [0.15, 0.2) is 11.7 Å². The Bertz CT molecular complexity index is 558. The molecule has 0 saturated heterocycles. The monoisotopic (exact) mass is 377 g/mol. The summed E-state index contributed by atoms with van der Waals surface area (Å²) in [4.78, 5) is 9.50. The molecule has 2 aromatic heterocycles. The van der Waals surface area contributed by atoms with Crippen LogP contribution in [-0.4, -0.2) is 21.7 Å². The zero-order valence-electron chi connectivity index (χ0n) is 9.93. The Labute approximate surface area is 123 Å². The van der Waals surface area contributed by atoms with Crippen LogP contribution in [0.5, 0.6) is 0 Å². The molecule has 0 spiro atoms. The third kappa shape index (κ3) is 2.96. The van der Waals surface area contributed by atoms with Gasteiger partial charge in [-0.2, -0.15) is 4.57 Å². The zero-order valence-corrected chi connectivity index (χ0v) is 12.9. The highest BCUT2D eigenvalue weighted by molar-refractivity contribution is 14.1. The summed E-state index contributed by atoms with van der Waals surface area (Å²) in [6, 6.07) is 0. The van der Waals surface area contributed by atoms with E-state index < -0.39 is 0 Å². The predicted molar refractivity (Wildman–Crippen MR) is 78.3 cm³/mol. The Morgan fingerprint density at radius 3 is 3.00 bits per heavy atom. The van der Waals surface area contributed by atoms with E-state index in [1.54, 1.807) is 17.5 Å². The van der Waals surface area contributed by atoms with Crippen molar-refractivity contribution in [2.45, 2.75) is 19.9 Å². The fraction of sp³-hybridized carbons (Fsp3) is 0.364. The number of nitrogen functional groups attached to an aromatic ring is 1. The standard InChI is InChI=1S/C11H14IN4OS/c1-7-9(2-3-17)18-6-16(7)5-8-4-14-11(12)15-10(8)13/h4,6,17H,2-3,5H2,1H3,(H2,13,14,15)/q+1. The van der Waals surface area contributed by atoms with Crippen molar-refractivity contribution < 1.29 is 9.67 Å². The predicted octanol–water partition coefficient (Wildman–Crippen LogP) is 0.904.